The Morgan fingerprint density at radius 2 is 0.612 bits per heavy atom. The van der Waals surface area contributed by atoms with Gasteiger partial charge in [0.1, 0.15) is 32.5 Å². The summed E-state index contributed by atoms with van der Waals surface area (Å²) < 4.78 is 66.5. The van der Waals surface area contributed by atoms with Crippen LogP contribution in [0.3, 0.4) is 0 Å². The summed E-state index contributed by atoms with van der Waals surface area (Å²) >= 11 is 0. The summed E-state index contributed by atoms with van der Waals surface area (Å²) in [6.45, 7) is 6.60. The monoisotopic (exact) mass is 1510 g/mol. The quantitative estimate of drug-likeness (QED) is 0.0128. The summed E-state index contributed by atoms with van der Waals surface area (Å²) in [5, 5.41) is 18.3. The summed E-state index contributed by atoms with van der Waals surface area (Å²) in [6.07, 6.45) is 68.3. The van der Waals surface area contributed by atoms with Gasteiger partial charge in [-0.2, -0.15) is 0 Å². The number of carbonyl (C=O) groups is 4. The van der Waals surface area contributed by atoms with E-state index in [9.17, 15) is 43.2 Å². The lowest BCUT2D eigenvalue weighted by Gasteiger charge is -2.28. The molecule has 0 aliphatic heterocycles. The molecule has 610 valence electrons. The number of rotatable bonds is 78. The standard InChI is InChI=1S/C42H82NO8P.C40H77O10P/c1-6-8-10-12-14-16-18-20-21-23-25-27-29-31-33-35-42(45)51-40(39-50-52(46,47)49-37-36-43(3,4)5)38-48-41(44)34-32-30-28-26-24-22-19-17-15-13-11-9-7-2;1-3-5-7-9-11-13-15-17-18-20-22-24-26-28-30-32-40(44)50-38(36-49-51(45,46)48-34-37(42)33-41)35-47-39(43)31-29-27-25-23-21-19-16-14-12-10-8-6-4-2/h20-21,40H,6-19,22-39H2,1-5H3;17-18,37-38,41-42H,3-16,19-36H2,1-2H3,(H,45,46)/b21-20-;18-17-/t40-;37?,38-/m11/s1. The molecule has 0 aliphatic carbocycles. The first-order chi connectivity index (χ1) is 49.7. The van der Waals surface area contributed by atoms with Crippen LogP contribution in [0.2, 0.25) is 0 Å². The third-order valence-corrected chi connectivity index (χ3v) is 20.1. The van der Waals surface area contributed by atoms with Gasteiger partial charge in [0.15, 0.2) is 12.2 Å². The van der Waals surface area contributed by atoms with Crippen LogP contribution in [0.15, 0.2) is 24.3 Å². The predicted molar refractivity (Wildman–Crippen MR) is 418 cm³/mol. The second-order valence-electron chi connectivity index (χ2n) is 29.7. The summed E-state index contributed by atoms with van der Waals surface area (Å²) in [5.41, 5.74) is 0. The molecule has 0 aromatic heterocycles. The lowest BCUT2D eigenvalue weighted by atomic mass is 10.0. The van der Waals surface area contributed by atoms with Crippen molar-refractivity contribution in [2.75, 3.05) is 73.9 Å². The van der Waals surface area contributed by atoms with E-state index in [1.165, 1.54) is 205 Å². The molecule has 0 saturated carbocycles. The number of nitrogens with zero attached hydrogens (tertiary/aromatic N) is 1. The Labute approximate surface area is 630 Å². The van der Waals surface area contributed by atoms with Crippen LogP contribution in [-0.2, 0) is 65.4 Å². The van der Waals surface area contributed by atoms with Crippen molar-refractivity contribution >= 4 is 39.5 Å². The zero-order chi connectivity index (χ0) is 76.3. The maximum absolute atomic E-state index is 12.6. The number of phosphoric ester groups is 2. The first-order valence-corrected chi connectivity index (χ1v) is 45.0. The minimum absolute atomic E-state index is 0.0294. The van der Waals surface area contributed by atoms with Crippen LogP contribution in [0.25, 0.3) is 0 Å². The van der Waals surface area contributed by atoms with Crippen molar-refractivity contribution < 1.29 is 89.8 Å². The van der Waals surface area contributed by atoms with Gasteiger partial charge in [-0.1, -0.05) is 309 Å². The summed E-state index contributed by atoms with van der Waals surface area (Å²) in [7, 11) is -3.44. The van der Waals surface area contributed by atoms with E-state index in [1.54, 1.807) is 0 Å². The number of aliphatic hydroxyl groups is 2. The van der Waals surface area contributed by atoms with E-state index in [4.69, 9.17) is 37.6 Å². The molecule has 0 amide bonds. The molecule has 0 fully saturated rings. The Morgan fingerprint density at radius 1 is 0.359 bits per heavy atom. The van der Waals surface area contributed by atoms with Crippen molar-refractivity contribution in [3.8, 4) is 0 Å². The molecular weight excluding hydrogens is 1350 g/mol. The lowest BCUT2D eigenvalue weighted by Crippen LogP contribution is -2.37. The fraction of sp³-hybridized carbons (Fsp3) is 0.902. The Hall–Kier alpha value is -2.54. The number of phosphoric acid groups is 2. The predicted octanol–water partition coefficient (Wildman–Crippen LogP) is 21.6. The van der Waals surface area contributed by atoms with Crippen molar-refractivity contribution in [2.24, 2.45) is 0 Å². The number of aliphatic hydroxyl groups excluding tert-OH is 2. The first-order valence-electron chi connectivity index (χ1n) is 42.0. The van der Waals surface area contributed by atoms with Gasteiger partial charge in [0.2, 0.25) is 0 Å². The van der Waals surface area contributed by atoms with Gasteiger partial charge in [-0.3, -0.25) is 32.8 Å². The van der Waals surface area contributed by atoms with Crippen LogP contribution in [0.5, 0.6) is 0 Å². The molecular formula is C82H159NO18P2. The average molecular weight is 1510 g/mol. The molecule has 103 heavy (non-hydrogen) atoms. The SMILES string of the molecule is CCCCCCCC/C=C\CCCCCCCC(=O)O[C@H](COC(=O)CCCCCCCCCCCCCCC)COP(=O)(O)OCC(O)CO.CCCCCCCC/C=C\CCCCCCCC(=O)O[C@H](COC(=O)CCCCCCCCCCCCCCC)COP(=O)([O-])OCC[N+](C)(C)C. The van der Waals surface area contributed by atoms with Crippen LogP contribution in [-0.4, -0.2) is 136 Å². The van der Waals surface area contributed by atoms with Gasteiger partial charge in [-0.25, -0.2) is 4.57 Å². The van der Waals surface area contributed by atoms with Crippen molar-refractivity contribution in [3.63, 3.8) is 0 Å². The summed E-state index contributed by atoms with van der Waals surface area (Å²) in [6, 6.07) is 0. The van der Waals surface area contributed by atoms with Crippen LogP contribution in [0.4, 0.5) is 0 Å². The number of carbonyl (C=O) groups excluding carboxylic acids is 4. The smallest absolute Gasteiger partial charge is 0.472 e. The summed E-state index contributed by atoms with van der Waals surface area (Å²) in [5.74, 6) is -1.76. The Morgan fingerprint density at radius 3 is 0.893 bits per heavy atom. The molecule has 0 aromatic carbocycles. The topological polar surface area (TPSA) is 260 Å². The highest BCUT2D eigenvalue weighted by Gasteiger charge is 2.28. The molecule has 0 spiro atoms. The maximum atomic E-state index is 12.6. The van der Waals surface area contributed by atoms with E-state index in [0.717, 1.165) is 109 Å². The largest absolute Gasteiger partial charge is 0.756 e. The maximum Gasteiger partial charge on any atom is 0.472 e. The molecule has 0 radical (unpaired) electrons. The Bertz CT molecular complexity index is 2060. The van der Waals surface area contributed by atoms with Crippen LogP contribution >= 0.6 is 15.6 Å². The van der Waals surface area contributed by atoms with E-state index in [-0.39, 0.29) is 51.5 Å². The van der Waals surface area contributed by atoms with E-state index >= 15 is 0 Å². The highest BCUT2D eigenvalue weighted by molar-refractivity contribution is 7.47. The van der Waals surface area contributed by atoms with Gasteiger partial charge in [0.25, 0.3) is 7.82 Å². The molecule has 0 bridgehead atoms. The van der Waals surface area contributed by atoms with Gasteiger partial charge < -0.3 is 52.5 Å². The van der Waals surface area contributed by atoms with Crippen LogP contribution < -0.4 is 4.89 Å². The second kappa shape index (κ2) is 76.2. The van der Waals surface area contributed by atoms with Gasteiger partial charge in [-0.15, -0.1) is 0 Å². The van der Waals surface area contributed by atoms with E-state index in [1.807, 2.05) is 21.1 Å². The number of unbranched alkanes of at least 4 members (excludes halogenated alkanes) is 46. The highest BCUT2D eigenvalue weighted by Crippen LogP contribution is 2.43. The molecule has 0 heterocycles. The minimum atomic E-state index is -4.62. The van der Waals surface area contributed by atoms with Crippen molar-refractivity contribution in [1.29, 1.82) is 0 Å². The van der Waals surface area contributed by atoms with Crippen LogP contribution in [0, 0.1) is 0 Å². The molecule has 19 nitrogen and oxygen atoms in total. The van der Waals surface area contributed by atoms with Gasteiger partial charge in [0, 0.05) is 25.7 Å². The number of hydrogen-bond donors (Lipinski definition) is 3. The first kappa shape index (κ1) is 103. The van der Waals surface area contributed by atoms with Crippen LogP contribution in [0.1, 0.15) is 387 Å². The Kier molecular flexibility index (Phi) is 75.9. The number of allylic oxidation sites excluding steroid dienone is 4. The number of likely N-dealkylation sites (N-methyl/N-ethyl adjacent to an activating group) is 1. The number of esters is 4. The second-order valence-corrected chi connectivity index (χ2v) is 32.6. The fourth-order valence-electron chi connectivity index (χ4n) is 11.6. The van der Waals surface area contributed by atoms with Gasteiger partial charge in [0.05, 0.1) is 47.6 Å². The number of ether oxygens (including phenoxy) is 4. The van der Waals surface area contributed by atoms with E-state index in [0.29, 0.717) is 30.3 Å². The lowest BCUT2D eigenvalue weighted by molar-refractivity contribution is -0.870. The van der Waals surface area contributed by atoms with Crippen molar-refractivity contribution in [3.05, 3.63) is 24.3 Å². The molecule has 3 N–H and O–H groups in total. The third kappa shape index (κ3) is 81.8. The van der Waals surface area contributed by atoms with E-state index in [2.05, 4.69) is 56.5 Å². The molecule has 0 aliphatic rings. The van der Waals surface area contributed by atoms with Crippen molar-refractivity contribution in [2.45, 2.75) is 406 Å². The van der Waals surface area contributed by atoms with Gasteiger partial charge in [-0.05, 0) is 77.0 Å². The fourth-order valence-corrected chi connectivity index (χ4v) is 13.1. The normalized spacial score (nSPS) is 13.9. The minimum Gasteiger partial charge on any atom is -0.756 e. The number of quaternary nitrogens is 1. The average Bonchev–Trinajstić information content (AvgIpc) is 0.940. The molecule has 0 aromatic rings. The molecule has 0 rings (SSSR count). The zero-order valence-corrected chi connectivity index (χ0v) is 68.9. The molecule has 0 saturated heterocycles. The molecule has 3 unspecified atom stereocenters. The highest BCUT2D eigenvalue weighted by atomic mass is 31.2. The summed E-state index contributed by atoms with van der Waals surface area (Å²) in [4.78, 5) is 72.3. The number of hydrogen-bond acceptors (Lipinski definition) is 17. The third-order valence-electron chi connectivity index (χ3n) is 18.2. The Balaban J connectivity index is 0. The zero-order valence-electron chi connectivity index (χ0n) is 67.1. The molecule has 5 atom stereocenters. The molecule has 21 heteroatoms. The van der Waals surface area contributed by atoms with E-state index < -0.39 is 78.3 Å². The van der Waals surface area contributed by atoms with Gasteiger partial charge >= 0.3 is 31.7 Å². The van der Waals surface area contributed by atoms with Crippen molar-refractivity contribution in [1.82, 2.24) is 0 Å².